The summed E-state index contributed by atoms with van der Waals surface area (Å²) in [7, 11) is 0. The minimum absolute atomic E-state index is 0.0680. The van der Waals surface area contributed by atoms with E-state index in [-0.39, 0.29) is 17.8 Å². The molecule has 0 spiro atoms. The summed E-state index contributed by atoms with van der Waals surface area (Å²) in [5.74, 6) is -0.203. The van der Waals surface area contributed by atoms with E-state index in [4.69, 9.17) is 9.97 Å². The van der Waals surface area contributed by atoms with Crippen LogP contribution in [0, 0.1) is 29.5 Å². The monoisotopic (exact) mass is 456 g/mol. The van der Waals surface area contributed by atoms with Gasteiger partial charge in [0.25, 0.3) is 0 Å². The van der Waals surface area contributed by atoms with Gasteiger partial charge < -0.3 is 10.1 Å². The van der Waals surface area contributed by atoms with Crippen molar-refractivity contribution >= 4 is 17.0 Å². The normalized spacial score (nSPS) is 23.9. The molecule has 7 heteroatoms. The van der Waals surface area contributed by atoms with Crippen molar-refractivity contribution in [2.45, 2.75) is 32.1 Å². The van der Waals surface area contributed by atoms with Crippen LogP contribution in [0.5, 0.6) is 0 Å². The number of nitrogens with one attached hydrogen (secondary N) is 1. The van der Waals surface area contributed by atoms with Crippen LogP contribution in [0.2, 0.25) is 0 Å². The molecule has 0 radical (unpaired) electrons. The highest BCUT2D eigenvalue weighted by Crippen LogP contribution is 2.50. The Morgan fingerprint density at radius 2 is 1.82 bits per heavy atom. The Bertz CT molecular complexity index is 1360. The van der Waals surface area contributed by atoms with Gasteiger partial charge in [0.1, 0.15) is 11.5 Å². The molecule has 2 atom stereocenters. The van der Waals surface area contributed by atoms with Gasteiger partial charge in [0, 0.05) is 28.4 Å². The van der Waals surface area contributed by atoms with Gasteiger partial charge in [0.05, 0.1) is 17.8 Å². The van der Waals surface area contributed by atoms with E-state index in [2.05, 4.69) is 9.97 Å². The van der Waals surface area contributed by atoms with Gasteiger partial charge in [-0.3, -0.25) is 4.79 Å². The smallest absolute Gasteiger partial charge is 0.307 e. The number of aromatic amines is 1. The van der Waals surface area contributed by atoms with Gasteiger partial charge in [-0.15, -0.1) is 0 Å². The van der Waals surface area contributed by atoms with E-state index >= 15 is 0 Å². The van der Waals surface area contributed by atoms with Crippen LogP contribution < -0.4 is 0 Å². The molecule has 3 aliphatic rings. The van der Waals surface area contributed by atoms with Crippen LogP contribution in [-0.2, 0) is 11.2 Å². The van der Waals surface area contributed by atoms with Crippen molar-refractivity contribution in [1.82, 2.24) is 19.9 Å². The predicted molar refractivity (Wildman–Crippen MR) is 126 cm³/mol. The lowest BCUT2D eigenvalue weighted by Crippen LogP contribution is -2.45. The van der Waals surface area contributed by atoms with Crippen LogP contribution in [0.25, 0.3) is 33.7 Å². The summed E-state index contributed by atoms with van der Waals surface area (Å²) in [4.78, 5) is 29.1. The molecule has 7 rings (SSSR count). The SMILES string of the molecule is O=C(O)[C@H]1C2CCC(CC2)[C@H]1Cc1cc(-c2ccccc2)nc(-c2c[nH]c3ncc(F)cc23)n1. The van der Waals surface area contributed by atoms with E-state index in [9.17, 15) is 14.3 Å². The number of rotatable bonds is 5. The third-order valence-corrected chi connectivity index (χ3v) is 7.71. The van der Waals surface area contributed by atoms with Gasteiger partial charge in [-0.1, -0.05) is 30.3 Å². The lowest BCUT2D eigenvalue weighted by atomic mass is 9.57. The van der Waals surface area contributed by atoms with Gasteiger partial charge in [-0.25, -0.2) is 19.3 Å². The maximum atomic E-state index is 14.0. The highest BCUT2D eigenvalue weighted by Gasteiger charge is 2.47. The Balaban J connectivity index is 1.46. The topological polar surface area (TPSA) is 91.8 Å². The van der Waals surface area contributed by atoms with Crippen LogP contribution in [0.1, 0.15) is 31.4 Å². The van der Waals surface area contributed by atoms with Crippen LogP contribution in [0.3, 0.4) is 0 Å². The Morgan fingerprint density at radius 1 is 1.06 bits per heavy atom. The second-order valence-electron chi connectivity index (χ2n) is 9.59. The van der Waals surface area contributed by atoms with Crippen LogP contribution in [-0.4, -0.2) is 31.0 Å². The quantitative estimate of drug-likeness (QED) is 0.413. The van der Waals surface area contributed by atoms with Crippen molar-refractivity contribution in [2.24, 2.45) is 23.7 Å². The lowest BCUT2D eigenvalue weighted by Gasteiger charge is -2.46. The number of pyridine rings is 1. The van der Waals surface area contributed by atoms with Gasteiger partial charge >= 0.3 is 5.97 Å². The van der Waals surface area contributed by atoms with Crippen LogP contribution in [0.15, 0.2) is 54.9 Å². The number of carboxylic acid groups (broad SMARTS) is 1. The van der Waals surface area contributed by atoms with Crippen molar-refractivity contribution in [2.75, 3.05) is 0 Å². The zero-order valence-corrected chi connectivity index (χ0v) is 18.6. The number of aromatic nitrogens is 4. The molecule has 2 N–H and O–H groups in total. The van der Waals surface area contributed by atoms with E-state index in [0.717, 1.165) is 42.6 Å². The first-order valence-corrected chi connectivity index (χ1v) is 11.9. The van der Waals surface area contributed by atoms with E-state index in [1.165, 1.54) is 12.3 Å². The summed E-state index contributed by atoms with van der Waals surface area (Å²) < 4.78 is 14.0. The molecule has 3 saturated carbocycles. The van der Waals surface area contributed by atoms with Gasteiger partial charge in [-0.2, -0.15) is 0 Å². The molecule has 0 saturated heterocycles. The van der Waals surface area contributed by atoms with Gasteiger partial charge in [0.2, 0.25) is 0 Å². The molecular formula is C27H25FN4O2. The number of halogens is 1. The zero-order chi connectivity index (χ0) is 23.2. The number of benzene rings is 1. The molecule has 3 heterocycles. The molecule has 6 nitrogen and oxygen atoms in total. The van der Waals surface area contributed by atoms with Crippen molar-refractivity contribution in [3.63, 3.8) is 0 Å². The summed E-state index contributed by atoms with van der Waals surface area (Å²) in [5.41, 5.74) is 3.80. The third-order valence-electron chi connectivity index (χ3n) is 7.71. The molecule has 0 unspecified atom stereocenters. The van der Waals surface area contributed by atoms with Crippen molar-refractivity contribution in [3.8, 4) is 22.6 Å². The average molecular weight is 457 g/mol. The van der Waals surface area contributed by atoms with Crippen LogP contribution >= 0.6 is 0 Å². The number of hydrogen-bond donors (Lipinski definition) is 2. The van der Waals surface area contributed by atoms with Crippen molar-refractivity contribution < 1.29 is 14.3 Å². The molecule has 34 heavy (non-hydrogen) atoms. The summed E-state index contributed by atoms with van der Waals surface area (Å²) in [6.07, 6.45) is 7.74. The fraction of sp³-hybridized carbons (Fsp3) is 0.333. The Kier molecular flexibility index (Phi) is 5.12. The van der Waals surface area contributed by atoms with E-state index < -0.39 is 11.8 Å². The molecule has 3 fully saturated rings. The number of carbonyl (C=O) groups is 1. The first-order valence-electron chi connectivity index (χ1n) is 11.9. The van der Waals surface area contributed by atoms with Crippen molar-refractivity contribution in [1.29, 1.82) is 0 Å². The fourth-order valence-corrected chi connectivity index (χ4v) is 6.14. The van der Waals surface area contributed by atoms with Crippen LogP contribution in [0.4, 0.5) is 4.39 Å². The summed E-state index contributed by atoms with van der Waals surface area (Å²) in [6.45, 7) is 0. The third kappa shape index (κ3) is 3.65. The highest BCUT2D eigenvalue weighted by molar-refractivity contribution is 5.91. The highest BCUT2D eigenvalue weighted by atomic mass is 19.1. The lowest BCUT2D eigenvalue weighted by molar-refractivity contribution is -0.152. The number of carboxylic acids is 1. The molecule has 0 amide bonds. The van der Waals surface area contributed by atoms with Gasteiger partial charge in [-0.05, 0) is 62.0 Å². The molecule has 3 aromatic heterocycles. The summed E-state index contributed by atoms with van der Waals surface area (Å²) >= 11 is 0. The largest absolute Gasteiger partial charge is 0.481 e. The molecule has 172 valence electrons. The second-order valence-corrected chi connectivity index (χ2v) is 9.59. The minimum atomic E-state index is -0.685. The number of hydrogen-bond acceptors (Lipinski definition) is 4. The number of aliphatic carboxylic acids is 1. The zero-order valence-electron chi connectivity index (χ0n) is 18.6. The van der Waals surface area contributed by atoms with E-state index in [1.807, 2.05) is 36.4 Å². The van der Waals surface area contributed by atoms with Crippen molar-refractivity contribution in [3.05, 3.63) is 66.4 Å². The summed E-state index contributed by atoms with van der Waals surface area (Å²) in [6, 6.07) is 13.3. The fourth-order valence-electron chi connectivity index (χ4n) is 6.14. The standard InChI is InChI=1S/C27H25FN4O2/c28-18-10-21-22(14-30-25(21)29-13-18)26-31-19(12-23(32-26)16-4-2-1-3-5-16)11-20-15-6-8-17(9-7-15)24(20)27(33)34/h1-5,10,12-15,17,20,24H,6-9,11H2,(H,29,30)(H,33,34)/t15?,17?,20-,24+/m1/s1. The second kappa shape index (κ2) is 8.31. The van der Waals surface area contributed by atoms with Gasteiger partial charge in [0.15, 0.2) is 5.82 Å². The van der Waals surface area contributed by atoms with E-state index in [0.29, 0.717) is 34.8 Å². The predicted octanol–water partition coefficient (Wildman–Crippen LogP) is 5.51. The number of fused-ring (bicyclic) bond motifs is 4. The molecule has 3 aliphatic carbocycles. The molecule has 1 aromatic carbocycles. The minimum Gasteiger partial charge on any atom is -0.481 e. The molecule has 2 bridgehead atoms. The summed E-state index contributed by atoms with van der Waals surface area (Å²) in [5, 5.41) is 10.6. The first kappa shape index (κ1) is 21.0. The molecular weight excluding hydrogens is 431 g/mol. The maximum Gasteiger partial charge on any atom is 0.307 e. The Hall–Kier alpha value is -3.61. The number of nitrogens with zero attached hydrogens (tertiary/aromatic N) is 3. The van der Waals surface area contributed by atoms with E-state index in [1.54, 1.807) is 6.20 Å². The Labute approximate surface area is 196 Å². The molecule has 4 aromatic rings. The number of H-pyrrole nitrogens is 1. The molecule has 0 aliphatic heterocycles. The average Bonchev–Trinajstić information content (AvgIpc) is 3.28. The first-order chi connectivity index (χ1) is 16.6. The Morgan fingerprint density at radius 3 is 2.59 bits per heavy atom. The maximum absolute atomic E-state index is 14.0.